The van der Waals surface area contributed by atoms with Crippen LogP contribution in [0.25, 0.3) is 0 Å². The number of nitriles is 1. The molecule has 1 saturated heterocycles. The summed E-state index contributed by atoms with van der Waals surface area (Å²) in [7, 11) is 0. The van der Waals surface area contributed by atoms with Gasteiger partial charge in [0.1, 0.15) is 11.6 Å². The number of benzene rings is 1. The number of rotatable bonds is 8. The fourth-order valence-corrected chi connectivity index (χ4v) is 6.01. The molecular formula is C26H31ClN4O2S. The number of amides is 2. The van der Waals surface area contributed by atoms with Crippen LogP contribution < -0.4 is 10.6 Å². The highest BCUT2D eigenvalue weighted by Gasteiger charge is 2.41. The second-order valence-electron chi connectivity index (χ2n) is 9.50. The zero-order chi connectivity index (χ0) is 24.0. The fraction of sp³-hybridized carbons (Fsp3) is 0.500. The van der Waals surface area contributed by atoms with Crippen molar-refractivity contribution in [3.05, 3.63) is 57.2 Å². The summed E-state index contributed by atoms with van der Waals surface area (Å²) in [4.78, 5) is 29.0. The van der Waals surface area contributed by atoms with Gasteiger partial charge in [-0.3, -0.25) is 14.5 Å². The SMILES string of the molecule is N#CC1(NC(=O)C(CC2CCCCC2)NC(=O)c2ccc(Cl)s2)CCN(Cc2ccccc2)C1. The zero-order valence-electron chi connectivity index (χ0n) is 19.3. The molecule has 0 radical (unpaired) electrons. The summed E-state index contributed by atoms with van der Waals surface area (Å²) in [5.74, 6) is -0.173. The van der Waals surface area contributed by atoms with Gasteiger partial charge in [-0.1, -0.05) is 74.0 Å². The molecule has 1 saturated carbocycles. The molecule has 2 aromatic rings. The molecule has 1 aliphatic carbocycles. The highest BCUT2D eigenvalue weighted by atomic mass is 35.5. The first-order chi connectivity index (χ1) is 16.5. The third-order valence-corrected chi connectivity index (χ3v) is 8.12. The van der Waals surface area contributed by atoms with Crippen molar-refractivity contribution in [2.75, 3.05) is 13.1 Å². The molecule has 4 rings (SSSR count). The molecule has 2 aliphatic rings. The first-order valence-corrected chi connectivity index (χ1v) is 13.2. The van der Waals surface area contributed by atoms with Crippen molar-refractivity contribution >= 4 is 34.8 Å². The second kappa shape index (κ2) is 11.4. The van der Waals surface area contributed by atoms with Crippen LogP contribution in [0.2, 0.25) is 4.34 Å². The van der Waals surface area contributed by atoms with Crippen LogP contribution in [-0.2, 0) is 11.3 Å². The standard InChI is InChI=1S/C26H31ClN4O2S/c27-23-12-11-22(34-23)25(33)29-21(15-19-7-3-1-4-8-19)24(32)30-26(17-28)13-14-31(18-26)16-20-9-5-2-6-10-20/h2,5-6,9-12,19,21H,1,3-4,7-8,13-16,18H2,(H,29,33)(H,30,32). The average Bonchev–Trinajstić information content (AvgIpc) is 3.46. The van der Waals surface area contributed by atoms with E-state index in [1.54, 1.807) is 12.1 Å². The maximum Gasteiger partial charge on any atom is 0.262 e. The molecule has 8 heteroatoms. The lowest BCUT2D eigenvalue weighted by molar-refractivity contribution is -0.124. The van der Waals surface area contributed by atoms with E-state index in [1.165, 1.54) is 23.3 Å². The van der Waals surface area contributed by atoms with E-state index >= 15 is 0 Å². The van der Waals surface area contributed by atoms with Crippen LogP contribution in [0.4, 0.5) is 0 Å². The second-order valence-corrected chi connectivity index (χ2v) is 11.2. The monoisotopic (exact) mass is 498 g/mol. The topological polar surface area (TPSA) is 85.2 Å². The Morgan fingerprint density at radius 3 is 2.62 bits per heavy atom. The smallest absolute Gasteiger partial charge is 0.262 e. The molecule has 2 unspecified atom stereocenters. The molecule has 1 aliphatic heterocycles. The number of hydrogen-bond acceptors (Lipinski definition) is 5. The highest BCUT2D eigenvalue weighted by molar-refractivity contribution is 7.18. The van der Waals surface area contributed by atoms with Crippen molar-refractivity contribution in [1.29, 1.82) is 5.26 Å². The van der Waals surface area contributed by atoms with Gasteiger partial charge in [-0.25, -0.2) is 0 Å². The third kappa shape index (κ3) is 6.38. The molecule has 180 valence electrons. The molecule has 0 bridgehead atoms. The van der Waals surface area contributed by atoms with E-state index in [0.717, 1.165) is 38.8 Å². The van der Waals surface area contributed by atoms with Crippen molar-refractivity contribution < 1.29 is 9.59 Å². The van der Waals surface area contributed by atoms with E-state index in [2.05, 4.69) is 33.7 Å². The first kappa shape index (κ1) is 24.7. The Kier molecular flexibility index (Phi) is 8.25. The van der Waals surface area contributed by atoms with Gasteiger partial charge in [0, 0.05) is 19.6 Å². The number of nitrogens with zero attached hydrogens (tertiary/aromatic N) is 2. The fourth-order valence-electron chi connectivity index (χ4n) is 5.06. The normalized spacial score (nSPS) is 22.1. The predicted molar refractivity (Wildman–Crippen MR) is 135 cm³/mol. The minimum absolute atomic E-state index is 0.273. The third-order valence-electron chi connectivity index (χ3n) is 6.89. The Morgan fingerprint density at radius 2 is 1.94 bits per heavy atom. The maximum absolute atomic E-state index is 13.5. The van der Waals surface area contributed by atoms with Gasteiger partial charge in [0.25, 0.3) is 5.91 Å². The minimum atomic E-state index is -0.951. The zero-order valence-corrected chi connectivity index (χ0v) is 20.8. The van der Waals surface area contributed by atoms with Gasteiger partial charge >= 0.3 is 0 Å². The van der Waals surface area contributed by atoms with E-state index in [1.807, 2.05) is 18.2 Å². The summed E-state index contributed by atoms with van der Waals surface area (Å²) in [6.45, 7) is 1.94. The van der Waals surface area contributed by atoms with Crippen LogP contribution in [0.3, 0.4) is 0 Å². The summed E-state index contributed by atoms with van der Waals surface area (Å²) in [6.07, 6.45) is 6.83. The summed E-state index contributed by atoms with van der Waals surface area (Å²) < 4.78 is 0.534. The molecule has 34 heavy (non-hydrogen) atoms. The summed E-state index contributed by atoms with van der Waals surface area (Å²) in [5.41, 5.74) is 0.229. The van der Waals surface area contributed by atoms with Crippen molar-refractivity contribution in [1.82, 2.24) is 15.5 Å². The van der Waals surface area contributed by atoms with Gasteiger partial charge in [0.2, 0.25) is 5.91 Å². The van der Waals surface area contributed by atoms with E-state index in [4.69, 9.17) is 11.6 Å². The first-order valence-electron chi connectivity index (χ1n) is 12.0. The van der Waals surface area contributed by atoms with Crippen LogP contribution in [0, 0.1) is 17.2 Å². The van der Waals surface area contributed by atoms with E-state index in [0.29, 0.717) is 34.5 Å². The number of carbonyl (C=O) groups is 2. The lowest BCUT2D eigenvalue weighted by Gasteiger charge is -2.30. The number of hydrogen-bond donors (Lipinski definition) is 2. The molecular weight excluding hydrogens is 468 g/mol. The Bertz CT molecular complexity index is 1030. The number of nitrogens with one attached hydrogen (secondary N) is 2. The molecule has 2 atom stereocenters. The van der Waals surface area contributed by atoms with E-state index in [9.17, 15) is 14.9 Å². The molecule has 1 aromatic carbocycles. The Balaban J connectivity index is 1.43. The van der Waals surface area contributed by atoms with Crippen molar-refractivity contribution in [3.63, 3.8) is 0 Å². The van der Waals surface area contributed by atoms with Crippen molar-refractivity contribution in [2.45, 2.75) is 63.1 Å². The number of thiophene rings is 1. The minimum Gasteiger partial charge on any atom is -0.340 e. The summed E-state index contributed by atoms with van der Waals surface area (Å²) in [6, 6.07) is 15.2. The van der Waals surface area contributed by atoms with Gasteiger partial charge in [-0.2, -0.15) is 5.26 Å². The number of halogens is 1. The highest BCUT2D eigenvalue weighted by Crippen LogP contribution is 2.29. The Morgan fingerprint density at radius 1 is 1.18 bits per heavy atom. The average molecular weight is 499 g/mol. The van der Waals surface area contributed by atoms with Gasteiger partial charge < -0.3 is 10.6 Å². The lowest BCUT2D eigenvalue weighted by atomic mass is 9.84. The van der Waals surface area contributed by atoms with Crippen LogP contribution in [-0.4, -0.2) is 41.4 Å². The quantitative estimate of drug-likeness (QED) is 0.549. The van der Waals surface area contributed by atoms with Gasteiger partial charge in [-0.05, 0) is 36.5 Å². The molecule has 2 amide bonds. The van der Waals surface area contributed by atoms with E-state index in [-0.39, 0.29) is 11.8 Å². The number of carbonyl (C=O) groups excluding carboxylic acids is 2. The van der Waals surface area contributed by atoms with Crippen LogP contribution in [0.15, 0.2) is 42.5 Å². The molecule has 2 fully saturated rings. The lowest BCUT2D eigenvalue weighted by Crippen LogP contribution is -2.56. The molecule has 0 spiro atoms. The van der Waals surface area contributed by atoms with E-state index < -0.39 is 11.6 Å². The largest absolute Gasteiger partial charge is 0.340 e. The summed E-state index contributed by atoms with van der Waals surface area (Å²) in [5, 5.41) is 16.0. The van der Waals surface area contributed by atoms with Crippen molar-refractivity contribution in [2.24, 2.45) is 5.92 Å². The van der Waals surface area contributed by atoms with Crippen molar-refractivity contribution in [3.8, 4) is 6.07 Å². The van der Waals surface area contributed by atoms with Gasteiger partial charge in [0.15, 0.2) is 0 Å². The molecule has 1 aromatic heterocycles. The molecule has 6 nitrogen and oxygen atoms in total. The van der Waals surface area contributed by atoms with Gasteiger partial charge in [-0.15, -0.1) is 11.3 Å². The summed E-state index contributed by atoms with van der Waals surface area (Å²) >= 11 is 7.20. The molecule has 2 heterocycles. The van der Waals surface area contributed by atoms with Crippen LogP contribution >= 0.6 is 22.9 Å². The molecule has 2 N–H and O–H groups in total. The Labute approximate surface area is 210 Å². The van der Waals surface area contributed by atoms with Crippen LogP contribution in [0.5, 0.6) is 0 Å². The maximum atomic E-state index is 13.5. The Hall–Kier alpha value is -2.40. The number of likely N-dealkylation sites (tertiary alicyclic amines) is 1. The van der Waals surface area contributed by atoms with Crippen LogP contribution in [0.1, 0.15) is 60.2 Å². The van der Waals surface area contributed by atoms with Gasteiger partial charge in [0.05, 0.1) is 15.3 Å². The predicted octanol–water partition coefficient (Wildman–Crippen LogP) is 4.75.